The molecule has 1 aromatic carbocycles. The molecule has 5 nitrogen and oxygen atoms in total. The van der Waals surface area contributed by atoms with Crippen LogP contribution in [0.4, 0.5) is 5.69 Å². The number of likely N-dealkylation sites (N-methyl/N-ethyl adjacent to an activating group) is 1. The van der Waals surface area contributed by atoms with Crippen molar-refractivity contribution < 1.29 is 4.79 Å². The summed E-state index contributed by atoms with van der Waals surface area (Å²) in [4.78, 5) is 18.1. The van der Waals surface area contributed by atoms with Crippen LogP contribution in [-0.4, -0.2) is 40.5 Å². The minimum atomic E-state index is 0.00163. The molecule has 0 saturated carbocycles. The zero-order valence-electron chi connectivity index (χ0n) is 13.1. The average molecular weight is 286 g/mol. The van der Waals surface area contributed by atoms with Gasteiger partial charge < -0.3 is 9.88 Å². The number of imidazole rings is 1. The molecule has 2 aromatic rings. The lowest BCUT2D eigenvalue weighted by molar-refractivity contribution is -0.117. The van der Waals surface area contributed by atoms with Crippen molar-refractivity contribution in [3.8, 4) is 5.69 Å². The van der Waals surface area contributed by atoms with Gasteiger partial charge in [0.25, 0.3) is 0 Å². The summed E-state index contributed by atoms with van der Waals surface area (Å²) in [5.74, 6) is 0.00163. The summed E-state index contributed by atoms with van der Waals surface area (Å²) >= 11 is 0. The number of amides is 1. The van der Waals surface area contributed by atoms with Gasteiger partial charge in [-0.1, -0.05) is 6.92 Å². The topological polar surface area (TPSA) is 50.2 Å². The Morgan fingerprint density at radius 2 is 1.95 bits per heavy atom. The van der Waals surface area contributed by atoms with Crippen LogP contribution in [-0.2, 0) is 4.79 Å². The number of carbonyl (C=O) groups is 1. The zero-order valence-corrected chi connectivity index (χ0v) is 13.1. The molecule has 2 rings (SSSR count). The smallest absolute Gasteiger partial charge is 0.238 e. The first kappa shape index (κ1) is 15.3. The van der Waals surface area contributed by atoms with Gasteiger partial charge in [0.05, 0.1) is 18.6 Å². The molecule has 1 amide bonds. The first-order valence-corrected chi connectivity index (χ1v) is 7.10. The van der Waals surface area contributed by atoms with Crippen molar-refractivity contribution in [2.75, 3.05) is 25.5 Å². The van der Waals surface area contributed by atoms with Gasteiger partial charge in [0.15, 0.2) is 0 Å². The lowest BCUT2D eigenvalue weighted by Crippen LogP contribution is -2.29. The third-order valence-corrected chi connectivity index (χ3v) is 3.63. The maximum atomic E-state index is 11.8. The standard InChI is InChI=1S/C16H22N4O/c1-5-19(4)10-16(21)18-14-6-8-15(9-7-14)20-11-17-12(2)13(20)3/h6-9,11H,5,10H2,1-4H3,(H,18,21). The minimum absolute atomic E-state index is 0.00163. The lowest BCUT2D eigenvalue weighted by atomic mass is 10.2. The Hall–Kier alpha value is -2.14. The Labute approximate surface area is 125 Å². The van der Waals surface area contributed by atoms with E-state index in [1.54, 1.807) is 0 Å². The predicted molar refractivity (Wildman–Crippen MR) is 84.8 cm³/mol. The van der Waals surface area contributed by atoms with Crippen molar-refractivity contribution in [2.24, 2.45) is 0 Å². The van der Waals surface area contributed by atoms with E-state index in [-0.39, 0.29) is 5.91 Å². The van der Waals surface area contributed by atoms with E-state index >= 15 is 0 Å². The number of benzene rings is 1. The second-order valence-corrected chi connectivity index (χ2v) is 5.21. The van der Waals surface area contributed by atoms with E-state index in [4.69, 9.17) is 0 Å². The largest absolute Gasteiger partial charge is 0.325 e. The van der Waals surface area contributed by atoms with Crippen molar-refractivity contribution >= 4 is 11.6 Å². The van der Waals surface area contributed by atoms with Gasteiger partial charge in [0.2, 0.25) is 5.91 Å². The van der Waals surface area contributed by atoms with Crippen molar-refractivity contribution in [2.45, 2.75) is 20.8 Å². The van der Waals surface area contributed by atoms with Crippen LogP contribution >= 0.6 is 0 Å². The number of nitrogens with zero attached hydrogens (tertiary/aromatic N) is 3. The molecule has 0 fully saturated rings. The molecule has 0 spiro atoms. The molecule has 5 heteroatoms. The fourth-order valence-electron chi connectivity index (χ4n) is 2.02. The van der Waals surface area contributed by atoms with Crippen LogP contribution in [0.25, 0.3) is 5.69 Å². The number of anilines is 1. The molecule has 1 aromatic heterocycles. The molecule has 21 heavy (non-hydrogen) atoms. The molecular formula is C16H22N4O. The second-order valence-electron chi connectivity index (χ2n) is 5.21. The van der Waals surface area contributed by atoms with Gasteiger partial charge >= 0.3 is 0 Å². The van der Waals surface area contributed by atoms with Crippen molar-refractivity contribution in [3.05, 3.63) is 42.0 Å². The van der Waals surface area contributed by atoms with E-state index in [2.05, 4.69) is 10.3 Å². The summed E-state index contributed by atoms with van der Waals surface area (Å²) in [5, 5.41) is 2.90. The van der Waals surface area contributed by atoms with Crippen molar-refractivity contribution in [1.82, 2.24) is 14.5 Å². The highest BCUT2D eigenvalue weighted by Gasteiger charge is 2.07. The molecule has 112 valence electrons. The summed E-state index contributed by atoms with van der Waals surface area (Å²) in [5.41, 5.74) is 3.99. The van der Waals surface area contributed by atoms with E-state index in [1.165, 1.54) is 0 Å². The minimum Gasteiger partial charge on any atom is -0.325 e. The van der Waals surface area contributed by atoms with Gasteiger partial charge in [-0.05, 0) is 51.7 Å². The quantitative estimate of drug-likeness (QED) is 0.918. The highest BCUT2D eigenvalue weighted by Crippen LogP contribution is 2.16. The molecular weight excluding hydrogens is 264 g/mol. The van der Waals surface area contributed by atoms with E-state index in [1.807, 2.05) is 67.9 Å². The molecule has 1 heterocycles. The van der Waals surface area contributed by atoms with Gasteiger partial charge in [-0.15, -0.1) is 0 Å². The Balaban J connectivity index is 2.06. The monoisotopic (exact) mass is 286 g/mol. The van der Waals surface area contributed by atoms with E-state index < -0.39 is 0 Å². The average Bonchev–Trinajstić information content (AvgIpc) is 2.80. The fraction of sp³-hybridized carbons (Fsp3) is 0.375. The van der Waals surface area contributed by atoms with Gasteiger partial charge in [-0.2, -0.15) is 0 Å². The van der Waals surface area contributed by atoms with Crippen LogP contribution in [0, 0.1) is 13.8 Å². The molecule has 0 aliphatic heterocycles. The molecule has 0 saturated heterocycles. The van der Waals surface area contributed by atoms with Crippen LogP contribution < -0.4 is 5.32 Å². The molecule has 0 radical (unpaired) electrons. The highest BCUT2D eigenvalue weighted by atomic mass is 16.2. The normalized spacial score (nSPS) is 10.9. The van der Waals surface area contributed by atoms with Gasteiger partial charge in [-0.25, -0.2) is 4.98 Å². The number of aromatic nitrogens is 2. The Bertz CT molecular complexity index is 616. The van der Waals surface area contributed by atoms with Crippen LogP contribution in [0.1, 0.15) is 18.3 Å². The molecule has 0 atom stereocenters. The molecule has 0 unspecified atom stereocenters. The summed E-state index contributed by atoms with van der Waals surface area (Å²) < 4.78 is 2.03. The maximum absolute atomic E-state index is 11.8. The van der Waals surface area contributed by atoms with Gasteiger partial charge in [-0.3, -0.25) is 9.69 Å². The van der Waals surface area contributed by atoms with Crippen LogP contribution in [0.2, 0.25) is 0 Å². The highest BCUT2D eigenvalue weighted by molar-refractivity contribution is 5.92. The van der Waals surface area contributed by atoms with Gasteiger partial charge in [0, 0.05) is 17.1 Å². The van der Waals surface area contributed by atoms with Crippen molar-refractivity contribution in [1.29, 1.82) is 0 Å². The van der Waals surface area contributed by atoms with Crippen molar-refractivity contribution in [3.63, 3.8) is 0 Å². The Morgan fingerprint density at radius 3 is 2.48 bits per heavy atom. The summed E-state index contributed by atoms with van der Waals surface area (Å²) in [6, 6.07) is 7.78. The summed E-state index contributed by atoms with van der Waals surface area (Å²) in [6.07, 6.45) is 1.81. The first-order valence-electron chi connectivity index (χ1n) is 7.10. The van der Waals surface area contributed by atoms with Crippen LogP contribution in [0.3, 0.4) is 0 Å². The summed E-state index contributed by atoms with van der Waals surface area (Å²) in [7, 11) is 1.92. The number of aryl methyl sites for hydroxylation is 1. The lowest BCUT2D eigenvalue weighted by Gasteiger charge is -2.13. The predicted octanol–water partition coefficient (Wildman–Crippen LogP) is 2.38. The number of hydrogen-bond acceptors (Lipinski definition) is 3. The number of rotatable bonds is 5. The molecule has 1 N–H and O–H groups in total. The third-order valence-electron chi connectivity index (χ3n) is 3.63. The van der Waals surface area contributed by atoms with Crippen LogP contribution in [0.5, 0.6) is 0 Å². The maximum Gasteiger partial charge on any atom is 0.238 e. The number of nitrogens with one attached hydrogen (secondary N) is 1. The SMILES string of the molecule is CCN(C)CC(=O)Nc1ccc(-n2cnc(C)c2C)cc1. The fourth-order valence-corrected chi connectivity index (χ4v) is 2.02. The number of carbonyl (C=O) groups excluding carboxylic acids is 1. The zero-order chi connectivity index (χ0) is 15.4. The van der Waals surface area contributed by atoms with E-state index in [0.717, 1.165) is 29.3 Å². The molecule has 0 aliphatic carbocycles. The molecule has 0 aliphatic rings. The first-order chi connectivity index (χ1) is 10.0. The van der Waals surface area contributed by atoms with Gasteiger partial charge in [0.1, 0.15) is 0 Å². The summed E-state index contributed by atoms with van der Waals surface area (Å²) in [6.45, 7) is 7.31. The van der Waals surface area contributed by atoms with E-state index in [9.17, 15) is 4.79 Å². The third kappa shape index (κ3) is 3.70. The van der Waals surface area contributed by atoms with Crippen LogP contribution in [0.15, 0.2) is 30.6 Å². The number of hydrogen-bond donors (Lipinski definition) is 1. The molecule has 0 bridgehead atoms. The Kier molecular flexibility index (Phi) is 4.75. The Morgan fingerprint density at radius 1 is 1.29 bits per heavy atom. The second kappa shape index (κ2) is 6.54. The van der Waals surface area contributed by atoms with E-state index in [0.29, 0.717) is 6.54 Å².